The molecule has 0 bridgehead atoms. The minimum absolute atomic E-state index is 0.0942. The number of urea groups is 1. The second-order valence-electron chi connectivity index (χ2n) is 5.94. The number of halogens is 1. The summed E-state index contributed by atoms with van der Waals surface area (Å²) in [6.45, 7) is 6.85. The van der Waals surface area contributed by atoms with Crippen LogP contribution < -0.4 is 10.1 Å². The standard InChI is InChI=1S/C18H26FN3O3/c1-3-8-20-18(24)22-10-5-9-21(11-12-22)17(23)14-6-7-16(25-4-2)15(19)13-14/h6-7,13H,3-5,8-12H2,1-2H3,(H,20,24). The summed E-state index contributed by atoms with van der Waals surface area (Å²) in [4.78, 5) is 28.1. The molecule has 1 aromatic rings. The van der Waals surface area contributed by atoms with Crippen molar-refractivity contribution in [2.75, 3.05) is 39.3 Å². The van der Waals surface area contributed by atoms with E-state index in [1.807, 2.05) is 6.92 Å². The number of nitrogens with one attached hydrogen (secondary N) is 1. The van der Waals surface area contributed by atoms with Gasteiger partial charge in [0.15, 0.2) is 11.6 Å². The summed E-state index contributed by atoms with van der Waals surface area (Å²) >= 11 is 0. The van der Waals surface area contributed by atoms with Gasteiger partial charge >= 0.3 is 6.03 Å². The minimum atomic E-state index is -0.539. The molecule has 0 aromatic heterocycles. The summed E-state index contributed by atoms with van der Waals surface area (Å²) in [5.74, 6) is -0.616. The van der Waals surface area contributed by atoms with Gasteiger partial charge in [-0.15, -0.1) is 0 Å². The van der Waals surface area contributed by atoms with Crippen LogP contribution in [0.25, 0.3) is 0 Å². The molecule has 1 N–H and O–H groups in total. The highest BCUT2D eigenvalue weighted by Crippen LogP contribution is 2.20. The van der Waals surface area contributed by atoms with Crippen molar-refractivity contribution in [3.63, 3.8) is 0 Å². The van der Waals surface area contributed by atoms with Gasteiger partial charge in [-0.2, -0.15) is 0 Å². The van der Waals surface area contributed by atoms with Crippen molar-refractivity contribution in [3.8, 4) is 5.75 Å². The van der Waals surface area contributed by atoms with Crippen LogP contribution in [0.4, 0.5) is 9.18 Å². The zero-order valence-corrected chi connectivity index (χ0v) is 14.9. The van der Waals surface area contributed by atoms with Crippen molar-refractivity contribution in [2.24, 2.45) is 0 Å². The van der Waals surface area contributed by atoms with Gasteiger partial charge in [0, 0.05) is 38.3 Å². The van der Waals surface area contributed by atoms with E-state index in [1.165, 1.54) is 12.1 Å². The maximum atomic E-state index is 14.0. The topological polar surface area (TPSA) is 61.9 Å². The third-order valence-electron chi connectivity index (χ3n) is 4.08. The molecule has 1 aliphatic heterocycles. The highest BCUT2D eigenvalue weighted by Gasteiger charge is 2.23. The normalized spacial score (nSPS) is 14.8. The van der Waals surface area contributed by atoms with Crippen molar-refractivity contribution in [3.05, 3.63) is 29.6 Å². The van der Waals surface area contributed by atoms with Gasteiger partial charge in [-0.1, -0.05) is 6.92 Å². The Kier molecular flexibility index (Phi) is 7.03. The van der Waals surface area contributed by atoms with Gasteiger partial charge in [-0.25, -0.2) is 9.18 Å². The Morgan fingerprint density at radius 1 is 1.16 bits per heavy atom. The van der Waals surface area contributed by atoms with Gasteiger partial charge in [0.1, 0.15) is 0 Å². The Hall–Kier alpha value is -2.31. The monoisotopic (exact) mass is 351 g/mol. The highest BCUT2D eigenvalue weighted by atomic mass is 19.1. The van der Waals surface area contributed by atoms with E-state index in [4.69, 9.17) is 4.74 Å². The molecule has 0 saturated carbocycles. The Morgan fingerprint density at radius 2 is 1.88 bits per heavy atom. The lowest BCUT2D eigenvalue weighted by Crippen LogP contribution is -2.42. The van der Waals surface area contributed by atoms with Gasteiger partial charge in [0.05, 0.1) is 6.61 Å². The second-order valence-corrected chi connectivity index (χ2v) is 5.94. The number of hydrogen-bond donors (Lipinski definition) is 1. The molecule has 0 aliphatic carbocycles. The Labute approximate surface area is 147 Å². The Balaban J connectivity index is 1.98. The van der Waals surface area contributed by atoms with Gasteiger partial charge in [0.25, 0.3) is 5.91 Å². The molecule has 3 amide bonds. The first kappa shape index (κ1) is 19.0. The summed E-state index contributed by atoms with van der Waals surface area (Å²) in [5.41, 5.74) is 0.296. The van der Waals surface area contributed by atoms with Crippen LogP contribution in [0.2, 0.25) is 0 Å². The molecular formula is C18H26FN3O3. The first-order chi connectivity index (χ1) is 12.1. The molecule has 7 heteroatoms. The molecule has 138 valence electrons. The van der Waals surface area contributed by atoms with Gasteiger partial charge in [0.2, 0.25) is 0 Å². The molecule has 0 spiro atoms. The zero-order chi connectivity index (χ0) is 18.2. The van der Waals surface area contributed by atoms with Crippen LogP contribution in [0.3, 0.4) is 0 Å². The van der Waals surface area contributed by atoms with Crippen LogP contribution >= 0.6 is 0 Å². The number of carbonyl (C=O) groups excluding carboxylic acids is 2. The lowest BCUT2D eigenvalue weighted by atomic mass is 10.1. The average Bonchev–Trinajstić information content (AvgIpc) is 2.87. The molecule has 1 fully saturated rings. The van der Waals surface area contributed by atoms with Crippen molar-refractivity contribution in [1.82, 2.24) is 15.1 Å². The van der Waals surface area contributed by atoms with Crippen LogP contribution in [0.5, 0.6) is 5.75 Å². The van der Waals surface area contributed by atoms with E-state index < -0.39 is 5.82 Å². The van der Waals surface area contributed by atoms with Crippen LogP contribution in [-0.2, 0) is 0 Å². The van der Waals surface area contributed by atoms with Gasteiger partial charge < -0.3 is 19.9 Å². The summed E-state index contributed by atoms with van der Waals surface area (Å²) in [5, 5.41) is 2.85. The quantitative estimate of drug-likeness (QED) is 0.887. The fourth-order valence-electron chi connectivity index (χ4n) is 2.76. The average molecular weight is 351 g/mol. The third kappa shape index (κ3) is 5.08. The Morgan fingerprint density at radius 3 is 2.56 bits per heavy atom. The number of ether oxygens (including phenoxy) is 1. The number of nitrogens with zero attached hydrogens (tertiary/aromatic N) is 2. The number of rotatable bonds is 5. The summed E-state index contributed by atoms with van der Waals surface area (Å²) in [6.07, 6.45) is 1.58. The molecule has 6 nitrogen and oxygen atoms in total. The van der Waals surface area contributed by atoms with Crippen LogP contribution in [-0.4, -0.2) is 61.1 Å². The van der Waals surface area contributed by atoms with Crippen LogP contribution in [0.1, 0.15) is 37.0 Å². The number of hydrogen-bond acceptors (Lipinski definition) is 3. The van der Waals surface area contributed by atoms with Crippen LogP contribution in [0, 0.1) is 5.82 Å². The number of carbonyl (C=O) groups is 2. The van der Waals surface area contributed by atoms with E-state index in [-0.39, 0.29) is 17.7 Å². The molecule has 0 radical (unpaired) electrons. The van der Waals surface area contributed by atoms with Gasteiger partial charge in [-0.3, -0.25) is 4.79 Å². The molecule has 1 saturated heterocycles. The lowest BCUT2D eigenvalue weighted by Gasteiger charge is -2.22. The van der Waals surface area contributed by atoms with Crippen LogP contribution in [0.15, 0.2) is 18.2 Å². The molecule has 0 unspecified atom stereocenters. The fourth-order valence-corrected chi connectivity index (χ4v) is 2.76. The number of amides is 3. The van der Waals surface area contributed by atoms with Crippen molar-refractivity contribution in [2.45, 2.75) is 26.7 Å². The SMILES string of the molecule is CCCNC(=O)N1CCCN(C(=O)c2ccc(OCC)c(F)c2)CC1. The molecule has 1 heterocycles. The van der Waals surface area contributed by atoms with E-state index in [9.17, 15) is 14.0 Å². The predicted molar refractivity (Wildman–Crippen MR) is 93.4 cm³/mol. The van der Waals surface area contributed by atoms with Crippen molar-refractivity contribution < 1.29 is 18.7 Å². The van der Waals surface area contributed by atoms with Gasteiger partial charge in [-0.05, 0) is 38.0 Å². The predicted octanol–water partition coefficient (Wildman–Crippen LogP) is 2.49. The first-order valence-electron chi connectivity index (χ1n) is 8.81. The van der Waals surface area contributed by atoms with E-state index >= 15 is 0 Å². The highest BCUT2D eigenvalue weighted by molar-refractivity contribution is 5.94. The second kappa shape index (κ2) is 9.25. The smallest absolute Gasteiger partial charge is 0.317 e. The van der Waals surface area contributed by atoms with Crippen molar-refractivity contribution >= 4 is 11.9 Å². The molecule has 1 aromatic carbocycles. The molecule has 25 heavy (non-hydrogen) atoms. The maximum absolute atomic E-state index is 14.0. The fraction of sp³-hybridized carbons (Fsp3) is 0.556. The largest absolute Gasteiger partial charge is 0.491 e. The lowest BCUT2D eigenvalue weighted by molar-refractivity contribution is 0.0761. The number of benzene rings is 1. The van der Waals surface area contributed by atoms with Crippen molar-refractivity contribution in [1.29, 1.82) is 0 Å². The molecular weight excluding hydrogens is 325 g/mol. The first-order valence-corrected chi connectivity index (χ1v) is 8.81. The van der Waals surface area contributed by atoms with E-state index in [2.05, 4.69) is 5.32 Å². The third-order valence-corrected chi connectivity index (χ3v) is 4.08. The van der Waals surface area contributed by atoms with E-state index in [0.29, 0.717) is 51.3 Å². The van der Waals surface area contributed by atoms with E-state index in [0.717, 1.165) is 6.42 Å². The molecule has 2 rings (SSSR count). The maximum Gasteiger partial charge on any atom is 0.317 e. The summed E-state index contributed by atoms with van der Waals surface area (Å²) < 4.78 is 19.1. The van der Waals surface area contributed by atoms with E-state index in [1.54, 1.807) is 22.8 Å². The Bertz CT molecular complexity index is 609. The summed E-state index contributed by atoms with van der Waals surface area (Å²) in [7, 11) is 0. The summed E-state index contributed by atoms with van der Waals surface area (Å²) in [6, 6.07) is 4.17. The molecule has 1 aliphatic rings. The zero-order valence-electron chi connectivity index (χ0n) is 14.9. The molecule has 0 atom stereocenters. The minimum Gasteiger partial charge on any atom is -0.491 e.